The van der Waals surface area contributed by atoms with Crippen LogP contribution in [0.15, 0.2) is 30.3 Å². The van der Waals surface area contributed by atoms with E-state index in [1.165, 1.54) is 0 Å². The van der Waals surface area contributed by atoms with Crippen LogP contribution in [0.2, 0.25) is 5.15 Å². The van der Waals surface area contributed by atoms with Crippen LogP contribution in [0.25, 0.3) is 10.8 Å². The summed E-state index contributed by atoms with van der Waals surface area (Å²) in [6, 6.07) is 8.71. The van der Waals surface area contributed by atoms with Crippen LogP contribution >= 0.6 is 11.6 Å². The first-order chi connectivity index (χ1) is 9.49. The Labute approximate surface area is 119 Å². The van der Waals surface area contributed by atoms with Crippen molar-refractivity contribution in [3.05, 3.63) is 41.2 Å². The number of fused-ring (bicyclic) bond motifs is 1. The molecule has 1 aromatic carbocycles. The molecule has 1 amide bonds. The van der Waals surface area contributed by atoms with Gasteiger partial charge in [0.2, 0.25) is 0 Å². The Hall–Kier alpha value is -2.18. The molecule has 0 saturated carbocycles. The molecule has 2 aromatic rings. The Morgan fingerprint density at radius 3 is 2.75 bits per heavy atom. The molecule has 6 nitrogen and oxygen atoms in total. The number of nitrogens with zero attached hydrogens (tertiary/aromatic N) is 1. The van der Waals surface area contributed by atoms with Crippen LogP contribution in [0.4, 0.5) is 0 Å². The van der Waals surface area contributed by atoms with E-state index in [-0.39, 0.29) is 10.8 Å². The van der Waals surface area contributed by atoms with Crippen molar-refractivity contribution in [2.24, 2.45) is 0 Å². The van der Waals surface area contributed by atoms with Gasteiger partial charge in [0.1, 0.15) is 10.8 Å². The first kappa shape index (κ1) is 14.2. The Balaban J connectivity index is 2.20. The maximum absolute atomic E-state index is 11.8. The molecule has 1 atom stereocenters. The van der Waals surface area contributed by atoms with Crippen LogP contribution in [0, 0.1) is 0 Å². The van der Waals surface area contributed by atoms with Crippen molar-refractivity contribution >= 4 is 34.2 Å². The summed E-state index contributed by atoms with van der Waals surface area (Å²) in [6.45, 7) is -0.402. The van der Waals surface area contributed by atoms with Gasteiger partial charge in [0.25, 0.3) is 5.91 Å². The summed E-state index contributed by atoms with van der Waals surface area (Å²) in [5, 5.41) is 21.5. The predicted molar refractivity (Wildman–Crippen MR) is 72.7 cm³/mol. The van der Waals surface area contributed by atoms with Crippen LogP contribution in [-0.2, 0) is 4.79 Å². The minimum atomic E-state index is -1.66. The quantitative estimate of drug-likeness (QED) is 0.732. The first-order valence-electron chi connectivity index (χ1n) is 5.73. The molecule has 2 rings (SSSR count). The third-order valence-electron chi connectivity index (χ3n) is 2.67. The van der Waals surface area contributed by atoms with E-state index in [1.807, 2.05) is 0 Å². The zero-order valence-electron chi connectivity index (χ0n) is 10.2. The number of benzene rings is 1. The molecule has 0 aliphatic rings. The number of aromatic nitrogens is 1. The third kappa shape index (κ3) is 3.04. The van der Waals surface area contributed by atoms with E-state index in [0.717, 1.165) is 10.8 Å². The molecule has 1 heterocycles. The fraction of sp³-hybridized carbons (Fsp3) is 0.154. The smallest absolute Gasteiger partial charge is 0.334 e. The molecule has 0 aliphatic carbocycles. The second-order valence-electron chi connectivity index (χ2n) is 4.08. The predicted octanol–water partition coefficient (Wildman–Crippen LogP) is 1.06. The monoisotopic (exact) mass is 294 g/mol. The van der Waals surface area contributed by atoms with Crippen LogP contribution in [0.5, 0.6) is 0 Å². The van der Waals surface area contributed by atoms with Gasteiger partial charge in [-0.1, -0.05) is 35.9 Å². The molecule has 0 radical (unpaired) electrons. The molecule has 104 valence electrons. The fourth-order valence-corrected chi connectivity index (χ4v) is 1.90. The molecule has 0 bridgehead atoms. The summed E-state index contributed by atoms with van der Waals surface area (Å²) in [6.07, 6.45) is -1.66. The fourth-order valence-electron chi connectivity index (χ4n) is 1.64. The Bertz CT molecular complexity index is 674. The standard InChI is InChI=1S/C13H11ClN2O4/c14-11-8-4-2-1-3-7(8)5-9(16-11)12(18)15-6-10(17)13(19)20/h1-5,10,17H,6H2,(H,15,18)(H,19,20)/t10-/m0/s1. The van der Waals surface area contributed by atoms with Gasteiger partial charge >= 0.3 is 5.97 Å². The van der Waals surface area contributed by atoms with Gasteiger partial charge in [-0.05, 0) is 11.5 Å². The highest BCUT2D eigenvalue weighted by atomic mass is 35.5. The van der Waals surface area contributed by atoms with Crippen molar-refractivity contribution < 1.29 is 19.8 Å². The molecule has 0 saturated heterocycles. The Kier molecular flexibility index (Phi) is 4.16. The van der Waals surface area contributed by atoms with Gasteiger partial charge in [-0.15, -0.1) is 0 Å². The van der Waals surface area contributed by atoms with Crippen molar-refractivity contribution in [3.8, 4) is 0 Å². The van der Waals surface area contributed by atoms with Crippen molar-refractivity contribution in [1.82, 2.24) is 10.3 Å². The molecule has 0 spiro atoms. The minimum Gasteiger partial charge on any atom is -0.479 e. The van der Waals surface area contributed by atoms with E-state index in [9.17, 15) is 9.59 Å². The number of carboxylic acid groups (broad SMARTS) is 1. The van der Waals surface area contributed by atoms with Crippen LogP contribution in [-0.4, -0.2) is 39.7 Å². The molecule has 0 aliphatic heterocycles. The van der Waals surface area contributed by atoms with Crippen molar-refractivity contribution in [2.45, 2.75) is 6.10 Å². The summed E-state index contributed by atoms with van der Waals surface area (Å²) >= 11 is 5.98. The summed E-state index contributed by atoms with van der Waals surface area (Å²) in [4.78, 5) is 26.2. The topological polar surface area (TPSA) is 99.5 Å². The van der Waals surface area contributed by atoms with Crippen LogP contribution < -0.4 is 5.32 Å². The number of halogens is 1. The lowest BCUT2D eigenvalue weighted by Gasteiger charge is -2.08. The second-order valence-corrected chi connectivity index (χ2v) is 4.44. The van der Waals surface area contributed by atoms with Gasteiger partial charge in [0.05, 0.1) is 6.54 Å². The molecule has 7 heteroatoms. The van der Waals surface area contributed by atoms with Gasteiger partial charge in [-0.25, -0.2) is 9.78 Å². The average molecular weight is 295 g/mol. The lowest BCUT2D eigenvalue weighted by Crippen LogP contribution is -2.36. The number of aliphatic hydroxyl groups excluding tert-OH is 1. The number of hydrogen-bond acceptors (Lipinski definition) is 4. The summed E-state index contributed by atoms with van der Waals surface area (Å²) in [5.41, 5.74) is 0.0614. The third-order valence-corrected chi connectivity index (χ3v) is 2.96. The molecular formula is C13H11ClN2O4. The maximum atomic E-state index is 11.8. The number of aliphatic carboxylic acids is 1. The summed E-state index contributed by atoms with van der Waals surface area (Å²) < 4.78 is 0. The SMILES string of the molecule is O=C(NC[C@H](O)C(=O)O)c1cc2ccccc2c(Cl)n1. The number of hydrogen-bond donors (Lipinski definition) is 3. The van der Waals surface area contributed by atoms with E-state index in [4.69, 9.17) is 21.8 Å². The van der Waals surface area contributed by atoms with E-state index >= 15 is 0 Å². The maximum Gasteiger partial charge on any atom is 0.334 e. The number of carbonyl (C=O) groups is 2. The van der Waals surface area contributed by atoms with Gasteiger partial charge in [0, 0.05) is 5.39 Å². The summed E-state index contributed by atoms with van der Waals surface area (Å²) in [5.74, 6) is -2.01. The number of carbonyl (C=O) groups excluding carboxylic acids is 1. The number of amides is 1. The lowest BCUT2D eigenvalue weighted by molar-refractivity contribution is -0.146. The zero-order valence-corrected chi connectivity index (χ0v) is 11.0. The number of pyridine rings is 1. The van der Waals surface area contributed by atoms with Gasteiger partial charge in [0.15, 0.2) is 6.10 Å². The number of nitrogens with one attached hydrogen (secondary N) is 1. The highest BCUT2D eigenvalue weighted by molar-refractivity contribution is 6.34. The van der Waals surface area contributed by atoms with E-state index in [1.54, 1.807) is 30.3 Å². The van der Waals surface area contributed by atoms with Gasteiger partial charge in [-0.3, -0.25) is 4.79 Å². The lowest BCUT2D eigenvalue weighted by atomic mass is 10.1. The molecule has 1 aromatic heterocycles. The molecule has 0 unspecified atom stereocenters. The highest BCUT2D eigenvalue weighted by Gasteiger charge is 2.16. The van der Waals surface area contributed by atoms with Gasteiger partial charge in [-0.2, -0.15) is 0 Å². The Morgan fingerprint density at radius 2 is 2.05 bits per heavy atom. The largest absolute Gasteiger partial charge is 0.479 e. The van der Waals surface area contributed by atoms with Crippen molar-refractivity contribution in [1.29, 1.82) is 0 Å². The Morgan fingerprint density at radius 1 is 1.35 bits per heavy atom. The number of aliphatic hydroxyl groups is 1. The molecule has 3 N–H and O–H groups in total. The van der Waals surface area contributed by atoms with Gasteiger partial charge < -0.3 is 15.5 Å². The minimum absolute atomic E-state index is 0.0614. The summed E-state index contributed by atoms with van der Waals surface area (Å²) in [7, 11) is 0. The van der Waals surface area contributed by atoms with Crippen LogP contribution in [0.3, 0.4) is 0 Å². The normalized spacial score (nSPS) is 12.1. The number of rotatable bonds is 4. The van der Waals surface area contributed by atoms with E-state index in [2.05, 4.69) is 10.3 Å². The highest BCUT2D eigenvalue weighted by Crippen LogP contribution is 2.22. The second kappa shape index (κ2) is 5.85. The first-order valence-corrected chi connectivity index (χ1v) is 6.11. The average Bonchev–Trinajstić information content (AvgIpc) is 2.44. The zero-order chi connectivity index (χ0) is 14.7. The number of carboxylic acids is 1. The van der Waals surface area contributed by atoms with Crippen molar-refractivity contribution in [2.75, 3.05) is 6.54 Å². The van der Waals surface area contributed by atoms with E-state index < -0.39 is 24.5 Å². The molecule has 20 heavy (non-hydrogen) atoms. The van der Waals surface area contributed by atoms with E-state index in [0.29, 0.717) is 0 Å². The van der Waals surface area contributed by atoms with Crippen molar-refractivity contribution in [3.63, 3.8) is 0 Å². The van der Waals surface area contributed by atoms with Crippen LogP contribution in [0.1, 0.15) is 10.5 Å². The molecule has 0 fully saturated rings. The molecular weight excluding hydrogens is 284 g/mol.